The molecule has 7 heteroatoms. The van der Waals surface area contributed by atoms with Crippen molar-refractivity contribution < 1.29 is 13.7 Å². The van der Waals surface area contributed by atoms with Gasteiger partial charge >= 0.3 is 6.16 Å². The molecule has 1 aromatic heterocycles. The second-order valence-corrected chi connectivity index (χ2v) is 8.84. The van der Waals surface area contributed by atoms with Gasteiger partial charge in [0.25, 0.3) is 0 Å². The van der Waals surface area contributed by atoms with Gasteiger partial charge in [0.2, 0.25) is 4.32 Å². The summed E-state index contributed by atoms with van der Waals surface area (Å²) in [7, 11) is 0. The Morgan fingerprint density at radius 1 is 1.29 bits per heavy atom. The van der Waals surface area contributed by atoms with Gasteiger partial charge in [0, 0.05) is 5.69 Å². The van der Waals surface area contributed by atoms with Gasteiger partial charge < -0.3 is 8.92 Å². The highest BCUT2D eigenvalue weighted by Gasteiger charge is 2.31. The predicted molar refractivity (Wildman–Crippen MR) is 100 cm³/mol. The Bertz CT molecular complexity index is 599. The van der Waals surface area contributed by atoms with Crippen LogP contribution in [0.1, 0.15) is 57.8 Å². The minimum absolute atomic E-state index is 0.0565. The number of aryl methyl sites for hydroxylation is 2. The van der Waals surface area contributed by atoms with Gasteiger partial charge in [0.1, 0.15) is 18.1 Å². The predicted octanol–water partition coefficient (Wildman–Crippen LogP) is 5.04. The fourth-order valence-electron chi connectivity index (χ4n) is 3.12. The van der Waals surface area contributed by atoms with Crippen molar-refractivity contribution in [3.05, 3.63) is 17.5 Å². The highest BCUT2D eigenvalue weighted by atomic mass is 32.2. The van der Waals surface area contributed by atoms with Crippen LogP contribution in [0.2, 0.25) is 0 Å². The van der Waals surface area contributed by atoms with Crippen LogP contribution in [0.15, 0.2) is 6.07 Å². The van der Waals surface area contributed by atoms with Crippen molar-refractivity contribution in [2.45, 2.75) is 66.4 Å². The Balaban J connectivity index is 1.74. The third-order valence-electron chi connectivity index (χ3n) is 4.53. The van der Waals surface area contributed by atoms with Crippen molar-refractivity contribution >= 4 is 34.7 Å². The number of ether oxygens (including phenoxy) is 1. The molecule has 0 aliphatic heterocycles. The maximum Gasteiger partial charge on any atom is 0.521 e. The number of carbonyl (C=O) groups is 1. The molecule has 0 spiro atoms. The molecule has 5 nitrogen and oxygen atoms in total. The van der Waals surface area contributed by atoms with Crippen LogP contribution in [0.25, 0.3) is 0 Å². The fourth-order valence-corrected chi connectivity index (χ4v) is 3.84. The van der Waals surface area contributed by atoms with Gasteiger partial charge in [-0.15, -0.1) is 0 Å². The molecule has 1 aliphatic rings. The molecule has 0 saturated heterocycles. The summed E-state index contributed by atoms with van der Waals surface area (Å²) in [6.07, 6.45) is 3.21. The minimum atomic E-state index is -0.678. The molecule has 0 bridgehead atoms. The lowest BCUT2D eigenvalue weighted by molar-refractivity contribution is 0.0250. The number of aromatic nitrogens is 2. The van der Waals surface area contributed by atoms with E-state index in [1.54, 1.807) is 4.68 Å². The molecular weight excluding hydrogens is 344 g/mol. The zero-order chi connectivity index (χ0) is 17.9. The first-order valence-corrected chi connectivity index (χ1v) is 9.44. The van der Waals surface area contributed by atoms with Gasteiger partial charge in [0.15, 0.2) is 0 Å². The first-order valence-electron chi connectivity index (χ1n) is 8.29. The lowest BCUT2D eigenvalue weighted by Crippen LogP contribution is -2.30. The topological polar surface area (TPSA) is 53.4 Å². The lowest BCUT2D eigenvalue weighted by Gasteiger charge is -2.36. The van der Waals surface area contributed by atoms with Crippen LogP contribution in [0.5, 0.6) is 0 Å². The van der Waals surface area contributed by atoms with Crippen LogP contribution in [0.3, 0.4) is 0 Å². The van der Waals surface area contributed by atoms with E-state index in [4.69, 9.17) is 21.1 Å². The number of hydrogen-bond acceptors (Lipinski definition) is 6. The highest BCUT2D eigenvalue weighted by Crippen LogP contribution is 2.38. The van der Waals surface area contributed by atoms with Gasteiger partial charge in [-0.25, -0.2) is 9.48 Å². The van der Waals surface area contributed by atoms with E-state index in [1.165, 1.54) is 0 Å². The molecule has 1 fully saturated rings. The average molecular weight is 371 g/mol. The molecule has 134 valence electrons. The molecule has 0 amide bonds. The Morgan fingerprint density at radius 2 is 1.92 bits per heavy atom. The summed E-state index contributed by atoms with van der Waals surface area (Å²) in [4.78, 5) is 11.9. The van der Waals surface area contributed by atoms with E-state index < -0.39 is 6.16 Å². The van der Waals surface area contributed by atoms with Crippen LogP contribution in [-0.2, 0) is 8.92 Å². The number of rotatable bonds is 1. The zero-order valence-electron chi connectivity index (χ0n) is 15.0. The molecule has 2 rings (SSSR count). The van der Waals surface area contributed by atoms with E-state index in [9.17, 15) is 4.79 Å². The normalized spacial score (nSPS) is 21.4. The molecule has 0 atom stereocenters. The Labute approximate surface area is 153 Å². The summed E-state index contributed by atoms with van der Waals surface area (Å²) in [5.41, 5.74) is 2.09. The first-order chi connectivity index (χ1) is 11.2. The van der Waals surface area contributed by atoms with Gasteiger partial charge in [-0.3, -0.25) is 0 Å². The molecule has 1 heterocycles. The monoisotopic (exact) mass is 370 g/mol. The van der Waals surface area contributed by atoms with Gasteiger partial charge in [0.05, 0.1) is 5.69 Å². The zero-order valence-corrected chi connectivity index (χ0v) is 16.6. The van der Waals surface area contributed by atoms with E-state index in [0.29, 0.717) is 15.7 Å². The summed E-state index contributed by atoms with van der Waals surface area (Å²) in [5.74, 6) is 0.682. The van der Waals surface area contributed by atoms with Crippen molar-refractivity contribution in [2.24, 2.45) is 11.3 Å². The fraction of sp³-hybridized carbons (Fsp3) is 0.706. The molecule has 0 unspecified atom stereocenters. The first kappa shape index (κ1) is 19.2. The van der Waals surface area contributed by atoms with Crippen LogP contribution in [-0.4, -0.2) is 26.4 Å². The number of hydrogen-bond donors (Lipinski definition) is 0. The van der Waals surface area contributed by atoms with E-state index in [-0.39, 0.29) is 6.10 Å². The molecule has 0 aromatic carbocycles. The van der Waals surface area contributed by atoms with E-state index in [1.807, 2.05) is 19.9 Å². The second-order valence-electron chi connectivity index (χ2n) is 7.48. The number of carbonyl (C=O) groups excluding carboxylic acids is 1. The molecule has 1 aliphatic carbocycles. The van der Waals surface area contributed by atoms with Crippen LogP contribution < -0.4 is 0 Å². The van der Waals surface area contributed by atoms with E-state index >= 15 is 0 Å². The van der Waals surface area contributed by atoms with Gasteiger partial charge in [-0.05, 0) is 69.1 Å². The van der Waals surface area contributed by atoms with E-state index in [2.05, 4.69) is 25.9 Å². The van der Waals surface area contributed by atoms with Crippen molar-refractivity contribution in [1.82, 2.24) is 9.78 Å². The molecule has 24 heavy (non-hydrogen) atoms. The van der Waals surface area contributed by atoms with Gasteiger partial charge in [-0.2, -0.15) is 5.10 Å². The second kappa shape index (κ2) is 7.87. The van der Waals surface area contributed by atoms with Crippen molar-refractivity contribution in [3.63, 3.8) is 0 Å². The molecule has 1 saturated carbocycles. The largest absolute Gasteiger partial charge is 0.521 e. The van der Waals surface area contributed by atoms with Crippen LogP contribution in [0, 0.1) is 25.2 Å². The number of thiocarbonyl (C=S) groups is 1. The molecule has 1 aromatic rings. The smallest absolute Gasteiger partial charge is 0.430 e. The summed E-state index contributed by atoms with van der Waals surface area (Å²) in [6, 6.07) is 1.92. The van der Waals surface area contributed by atoms with Gasteiger partial charge in [-0.1, -0.05) is 20.8 Å². The summed E-state index contributed by atoms with van der Waals surface area (Å²) in [5, 5.41) is 4.26. The quantitative estimate of drug-likeness (QED) is 0.392. The lowest BCUT2D eigenvalue weighted by atomic mass is 9.72. The van der Waals surface area contributed by atoms with E-state index in [0.717, 1.165) is 49.1 Å². The maximum absolute atomic E-state index is 11.9. The highest BCUT2D eigenvalue weighted by molar-refractivity contribution is 8.20. The third-order valence-corrected chi connectivity index (χ3v) is 5.44. The third kappa shape index (κ3) is 5.21. The van der Waals surface area contributed by atoms with Crippen LogP contribution in [0.4, 0.5) is 4.79 Å². The maximum atomic E-state index is 11.9. The molecule has 0 N–H and O–H groups in total. The molecule has 0 radical (unpaired) electrons. The summed E-state index contributed by atoms with van der Waals surface area (Å²) < 4.78 is 12.4. The molecular formula is C17H26N2O3S2. The number of nitrogens with zero attached hydrogens (tertiary/aromatic N) is 2. The average Bonchev–Trinajstić information content (AvgIpc) is 2.83. The summed E-state index contributed by atoms with van der Waals surface area (Å²) in [6.45, 7) is 10.6. The SMILES string of the molecule is Cc1cc(C)n(C(=S)SOC(=O)OC2CCC(C(C)(C)C)CC2)n1. The standard InChI is InChI=1S/C17H26N2O3S2/c1-11-10-12(2)19(18-11)15(23)24-22-16(20)21-14-8-6-13(7-9-14)17(3,4)5/h10,13-14H,6-9H2,1-5H3. The van der Waals surface area contributed by atoms with Crippen LogP contribution >= 0.6 is 24.3 Å². The Kier molecular flexibility index (Phi) is 6.31. The summed E-state index contributed by atoms with van der Waals surface area (Å²) >= 11 is 6.05. The Hall–Kier alpha value is -1.08. The van der Waals surface area contributed by atoms with Crippen molar-refractivity contribution in [3.8, 4) is 0 Å². The van der Waals surface area contributed by atoms with Crippen molar-refractivity contribution in [2.75, 3.05) is 0 Å². The van der Waals surface area contributed by atoms with Crippen molar-refractivity contribution in [1.29, 1.82) is 0 Å². The Morgan fingerprint density at radius 3 is 2.42 bits per heavy atom. The minimum Gasteiger partial charge on any atom is -0.430 e.